The molecule has 0 spiro atoms. The third kappa shape index (κ3) is 3.86. The van der Waals surface area contributed by atoms with Gasteiger partial charge < -0.3 is 15.0 Å². The van der Waals surface area contributed by atoms with Gasteiger partial charge in [-0.25, -0.2) is 0 Å². The molecule has 88 valence electrons. The summed E-state index contributed by atoms with van der Waals surface area (Å²) in [5, 5.41) is 11.4. The van der Waals surface area contributed by atoms with Gasteiger partial charge in [0.15, 0.2) is 0 Å². The number of carbonyl (C=O) groups is 1. The van der Waals surface area contributed by atoms with E-state index in [-0.39, 0.29) is 30.5 Å². The SMILES string of the molecule is C[C@H](CO)NC(=O)CCn1ccccc1=O. The van der Waals surface area contributed by atoms with E-state index in [2.05, 4.69) is 5.32 Å². The van der Waals surface area contributed by atoms with Gasteiger partial charge in [0.2, 0.25) is 5.91 Å². The van der Waals surface area contributed by atoms with Crippen molar-refractivity contribution < 1.29 is 9.90 Å². The Hall–Kier alpha value is -1.62. The fraction of sp³-hybridized carbons (Fsp3) is 0.455. The smallest absolute Gasteiger partial charge is 0.250 e. The van der Waals surface area contributed by atoms with Crippen LogP contribution in [0.1, 0.15) is 13.3 Å². The van der Waals surface area contributed by atoms with Crippen LogP contribution in [-0.2, 0) is 11.3 Å². The molecule has 0 fully saturated rings. The summed E-state index contributed by atoms with van der Waals surface area (Å²) >= 11 is 0. The zero-order valence-electron chi connectivity index (χ0n) is 9.22. The Morgan fingerprint density at radius 3 is 2.94 bits per heavy atom. The lowest BCUT2D eigenvalue weighted by molar-refractivity contribution is -0.122. The molecule has 0 unspecified atom stereocenters. The fourth-order valence-electron chi connectivity index (χ4n) is 1.26. The Labute approximate surface area is 93.7 Å². The van der Waals surface area contributed by atoms with Crippen molar-refractivity contribution in [3.63, 3.8) is 0 Å². The lowest BCUT2D eigenvalue weighted by Gasteiger charge is -2.11. The normalized spacial score (nSPS) is 12.1. The van der Waals surface area contributed by atoms with E-state index in [0.717, 1.165) is 0 Å². The minimum atomic E-state index is -0.250. The van der Waals surface area contributed by atoms with Gasteiger partial charge in [0.25, 0.3) is 5.56 Å². The summed E-state index contributed by atoms with van der Waals surface area (Å²) in [5.74, 6) is -0.169. The van der Waals surface area contributed by atoms with Gasteiger partial charge in [0, 0.05) is 31.3 Å². The molecule has 1 aromatic rings. The molecule has 0 saturated heterocycles. The minimum absolute atomic E-state index is 0.0863. The molecular weight excluding hydrogens is 208 g/mol. The summed E-state index contributed by atoms with van der Waals surface area (Å²) in [7, 11) is 0. The van der Waals surface area contributed by atoms with Crippen molar-refractivity contribution in [2.75, 3.05) is 6.61 Å². The van der Waals surface area contributed by atoms with Crippen molar-refractivity contribution in [1.82, 2.24) is 9.88 Å². The number of rotatable bonds is 5. The molecule has 0 aromatic carbocycles. The van der Waals surface area contributed by atoms with Crippen LogP contribution in [0.25, 0.3) is 0 Å². The maximum Gasteiger partial charge on any atom is 0.250 e. The monoisotopic (exact) mass is 224 g/mol. The summed E-state index contributed by atoms with van der Waals surface area (Å²) in [6.45, 7) is 1.98. The third-order valence-electron chi connectivity index (χ3n) is 2.16. The second-order valence-corrected chi connectivity index (χ2v) is 3.63. The number of aliphatic hydroxyl groups is 1. The molecule has 0 aliphatic rings. The minimum Gasteiger partial charge on any atom is -0.394 e. The van der Waals surface area contributed by atoms with E-state index in [1.54, 1.807) is 25.3 Å². The van der Waals surface area contributed by atoms with E-state index in [9.17, 15) is 9.59 Å². The quantitative estimate of drug-likeness (QED) is 0.723. The highest BCUT2D eigenvalue weighted by molar-refractivity contribution is 5.76. The van der Waals surface area contributed by atoms with Gasteiger partial charge >= 0.3 is 0 Å². The number of aromatic nitrogens is 1. The van der Waals surface area contributed by atoms with Gasteiger partial charge in [-0.05, 0) is 13.0 Å². The van der Waals surface area contributed by atoms with Gasteiger partial charge in [-0.15, -0.1) is 0 Å². The molecule has 5 nitrogen and oxygen atoms in total. The topological polar surface area (TPSA) is 71.3 Å². The first kappa shape index (κ1) is 12.4. The molecule has 1 heterocycles. The van der Waals surface area contributed by atoms with Crippen LogP contribution < -0.4 is 10.9 Å². The first-order chi connectivity index (χ1) is 7.63. The molecular formula is C11H16N2O3. The molecule has 0 aliphatic heterocycles. The van der Waals surface area contributed by atoms with Gasteiger partial charge in [-0.2, -0.15) is 0 Å². The van der Waals surface area contributed by atoms with Gasteiger partial charge in [-0.1, -0.05) is 6.07 Å². The fourth-order valence-corrected chi connectivity index (χ4v) is 1.26. The first-order valence-electron chi connectivity index (χ1n) is 5.19. The molecule has 1 atom stereocenters. The molecule has 0 bridgehead atoms. The van der Waals surface area contributed by atoms with Crippen LogP contribution in [0.15, 0.2) is 29.2 Å². The molecule has 1 aromatic heterocycles. The number of amides is 1. The summed E-state index contributed by atoms with van der Waals surface area (Å²) in [4.78, 5) is 22.7. The van der Waals surface area contributed by atoms with E-state index >= 15 is 0 Å². The highest BCUT2D eigenvalue weighted by Gasteiger charge is 2.06. The van der Waals surface area contributed by atoms with Gasteiger partial charge in [-0.3, -0.25) is 9.59 Å². The highest BCUT2D eigenvalue weighted by atomic mass is 16.3. The number of carbonyl (C=O) groups excluding carboxylic acids is 1. The predicted molar refractivity (Wildman–Crippen MR) is 60.0 cm³/mol. The second kappa shape index (κ2) is 6.07. The summed E-state index contributed by atoms with van der Waals surface area (Å²) < 4.78 is 1.48. The Balaban J connectivity index is 2.43. The van der Waals surface area contributed by atoms with Crippen LogP contribution in [0.4, 0.5) is 0 Å². The standard InChI is InChI=1S/C11H16N2O3/c1-9(8-14)12-10(15)5-7-13-6-3-2-4-11(13)16/h2-4,6,9,14H,5,7-8H2,1H3,(H,12,15)/t9-/m1/s1. The summed E-state index contributed by atoms with van der Waals surface area (Å²) in [6.07, 6.45) is 1.87. The molecule has 0 saturated carbocycles. The van der Waals surface area contributed by atoms with Crippen molar-refractivity contribution in [3.8, 4) is 0 Å². The first-order valence-corrected chi connectivity index (χ1v) is 5.19. The Morgan fingerprint density at radius 1 is 1.56 bits per heavy atom. The van der Waals surface area contributed by atoms with Crippen LogP contribution in [0.5, 0.6) is 0 Å². The van der Waals surface area contributed by atoms with Crippen molar-refractivity contribution in [1.29, 1.82) is 0 Å². The molecule has 0 radical (unpaired) electrons. The van der Waals surface area contributed by atoms with E-state index < -0.39 is 0 Å². The van der Waals surface area contributed by atoms with Crippen molar-refractivity contribution >= 4 is 5.91 Å². The van der Waals surface area contributed by atoms with Gasteiger partial charge in [0.1, 0.15) is 0 Å². The number of aryl methyl sites for hydroxylation is 1. The molecule has 2 N–H and O–H groups in total. The zero-order valence-corrected chi connectivity index (χ0v) is 9.22. The number of hydrogen-bond acceptors (Lipinski definition) is 3. The van der Waals surface area contributed by atoms with Crippen LogP contribution in [0.2, 0.25) is 0 Å². The molecule has 0 aliphatic carbocycles. The van der Waals surface area contributed by atoms with E-state index in [0.29, 0.717) is 6.54 Å². The maximum atomic E-state index is 11.4. The van der Waals surface area contributed by atoms with Crippen LogP contribution in [-0.4, -0.2) is 28.2 Å². The lowest BCUT2D eigenvalue weighted by Crippen LogP contribution is -2.35. The van der Waals surface area contributed by atoms with E-state index in [1.165, 1.54) is 10.6 Å². The third-order valence-corrected chi connectivity index (χ3v) is 2.16. The van der Waals surface area contributed by atoms with Crippen LogP contribution in [0.3, 0.4) is 0 Å². The van der Waals surface area contributed by atoms with E-state index in [4.69, 9.17) is 5.11 Å². The Morgan fingerprint density at radius 2 is 2.31 bits per heavy atom. The van der Waals surface area contributed by atoms with Crippen molar-refractivity contribution in [2.45, 2.75) is 25.9 Å². The van der Waals surface area contributed by atoms with E-state index in [1.807, 2.05) is 0 Å². The lowest BCUT2D eigenvalue weighted by atomic mass is 10.3. The number of nitrogens with one attached hydrogen (secondary N) is 1. The average molecular weight is 224 g/mol. The van der Waals surface area contributed by atoms with Crippen molar-refractivity contribution in [3.05, 3.63) is 34.7 Å². The van der Waals surface area contributed by atoms with Crippen LogP contribution in [0, 0.1) is 0 Å². The molecule has 1 rings (SSSR count). The zero-order chi connectivity index (χ0) is 12.0. The molecule has 16 heavy (non-hydrogen) atoms. The van der Waals surface area contributed by atoms with Crippen LogP contribution >= 0.6 is 0 Å². The average Bonchev–Trinajstić information content (AvgIpc) is 2.28. The van der Waals surface area contributed by atoms with Crippen molar-refractivity contribution in [2.24, 2.45) is 0 Å². The summed E-state index contributed by atoms with van der Waals surface area (Å²) in [6, 6.07) is 4.61. The maximum absolute atomic E-state index is 11.4. The Kier molecular flexibility index (Phi) is 4.72. The number of hydrogen-bond donors (Lipinski definition) is 2. The van der Waals surface area contributed by atoms with Gasteiger partial charge in [0.05, 0.1) is 6.61 Å². The molecule has 1 amide bonds. The molecule has 5 heteroatoms. The number of aliphatic hydroxyl groups excluding tert-OH is 1. The second-order valence-electron chi connectivity index (χ2n) is 3.63. The Bertz CT molecular complexity index is 400. The largest absolute Gasteiger partial charge is 0.394 e. The summed E-state index contributed by atoms with van der Waals surface area (Å²) in [5.41, 5.74) is -0.120. The number of nitrogens with zero attached hydrogens (tertiary/aromatic N) is 1. The highest BCUT2D eigenvalue weighted by Crippen LogP contribution is 1.89. The predicted octanol–water partition coefficient (Wildman–Crippen LogP) is -0.265. The number of pyridine rings is 1.